The largest absolute Gasteiger partial charge is 0.492 e. The molecule has 2 N–H and O–H groups in total. The highest BCUT2D eigenvalue weighted by Crippen LogP contribution is 2.35. The summed E-state index contributed by atoms with van der Waals surface area (Å²) in [4.78, 5) is 0. The fourth-order valence-electron chi connectivity index (χ4n) is 1.83. The van der Waals surface area contributed by atoms with E-state index in [1.165, 1.54) is 5.57 Å². The first-order valence-electron chi connectivity index (χ1n) is 4.62. The van der Waals surface area contributed by atoms with Crippen LogP contribution in [0.4, 0.5) is 0 Å². The van der Waals surface area contributed by atoms with Crippen LogP contribution in [0.1, 0.15) is 13.3 Å². The van der Waals surface area contributed by atoms with Crippen molar-refractivity contribution in [3.63, 3.8) is 0 Å². The fraction of sp³-hybridized carbons (Fsp3) is 0.600. The highest BCUT2D eigenvalue weighted by atomic mass is 16.6. The highest BCUT2D eigenvalue weighted by molar-refractivity contribution is 5.30. The molecule has 2 aliphatic rings. The predicted molar refractivity (Wildman–Crippen MR) is 50.1 cm³/mol. The van der Waals surface area contributed by atoms with Gasteiger partial charge in [-0.3, -0.25) is 0 Å². The number of hydrogen-bond acceptors (Lipinski definition) is 3. The van der Waals surface area contributed by atoms with Crippen LogP contribution in [0.25, 0.3) is 0 Å². The first-order valence-corrected chi connectivity index (χ1v) is 4.62. The molecular weight excluding hydrogens is 166 g/mol. The Morgan fingerprint density at radius 3 is 3.08 bits per heavy atom. The average molecular weight is 181 g/mol. The minimum Gasteiger partial charge on any atom is -0.492 e. The Morgan fingerprint density at radius 1 is 1.46 bits per heavy atom. The number of nitrogens with two attached hydrogens (primary N) is 1. The van der Waals surface area contributed by atoms with Crippen molar-refractivity contribution in [3.05, 3.63) is 23.5 Å². The fourth-order valence-corrected chi connectivity index (χ4v) is 1.83. The summed E-state index contributed by atoms with van der Waals surface area (Å²) in [6.07, 6.45) is 4.87. The molecule has 0 aromatic rings. The number of ether oxygens (including phenoxy) is 2. The summed E-state index contributed by atoms with van der Waals surface area (Å²) in [7, 11) is 0. The van der Waals surface area contributed by atoms with E-state index in [1.807, 2.05) is 12.2 Å². The van der Waals surface area contributed by atoms with E-state index in [9.17, 15) is 0 Å². The molecule has 0 radical (unpaired) electrons. The first-order chi connectivity index (χ1) is 6.24. The van der Waals surface area contributed by atoms with E-state index in [-0.39, 0.29) is 5.60 Å². The molecule has 72 valence electrons. The zero-order valence-electron chi connectivity index (χ0n) is 7.88. The molecule has 1 unspecified atom stereocenters. The molecule has 3 nitrogen and oxygen atoms in total. The quantitative estimate of drug-likeness (QED) is 0.655. The molecular formula is C10H15NO2. The van der Waals surface area contributed by atoms with E-state index in [0.29, 0.717) is 19.8 Å². The van der Waals surface area contributed by atoms with Crippen LogP contribution in [0.15, 0.2) is 23.5 Å². The molecule has 0 aromatic heterocycles. The molecule has 1 saturated heterocycles. The summed E-state index contributed by atoms with van der Waals surface area (Å²) < 4.78 is 11.2. The lowest BCUT2D eigenvalue weighted by Gasteiger charge is -2.38. The van der Waals surface area contributed by atoms with E-state index in [4.69, 9.17) is 15.2 Å². The predicted octanol–water partition coefficient (Wildman–Crippen LogP) is 0.965. The minimum absolute atomic E-state index is 0.262. The van der Waals surface area contributed by atoms with Gasteiger partial charge < -0.3 is 15.2 Å². The van der Waals surface area contributed by atoms with Crippen LogP contribution in [0.5, 0.6) is 0 Å². The van der Waals surface area contributed by atoms with E-state index >= 15 is 0 Å². The van der Waals surface area contributed by atoms with Gasteiger partial charge in [0, 0.05) is 13.0 Å². The maximum Gasteiger partial charge on any atom is 0.128 e. The maximum absolute atomic E-state index is 5.71. The Bertz CT molecular complexity index is 270. The maximum atomic E-state index is 5.71. The lowest BCUT2D eigenvalue weighted by atomic mass is 9.89. The summed E-state index contributed by atoms with van der Waals surface area (Å²) in [6.45, 7) is 3.99. The molecule has 13 heavy (non-hydrogen) atoms. The molecule has 1 fully saturated rings. The smallest absolute Gasteiger partial charge is 0.128 e. The third-order valence-corrected chi connectivity index (χ3v) is 2.58. The van der Waals surface area contributed by atoms with Gasteiger partial charge in [-0.15, -0.1) is 0 Å². The lowest BCUT2D eigenvalue weighted by molar-refractivity contribution is -0.103. The van der Waals surface area contributed by atoms with Crippen molar-refractivity contribution in [1.82, 2.24) is 0 Å². The summed E-state index contributed by atoms with van der Waals surface area (Å²) in [5, 5.41) is 0. The third kappa shape index (κ3) is 1.49. The summed E-state index contributed by atoms with van der Waals surface area (Å²) >= 11 is 0. The summed E-state index contributed by atoms with van der Waals surface area (Å²) in [6, 6.07) is 0. The van der Waals surface area contributed by atoms with E-state index in [0.717, 1.165) is 12.2 Å². The van der Waals surface area contributed by atoms with Gasteiger partial charge in [-0.2, -0.15) is 0 Å². The SMILES string of the molecule is CC12CC(CN)=CC=C1OCCO2. The van der Waals surface area contributed by atoms with Gasteiger partial charge >= 0.3 is 0 Å². The van der Waals surface area contributed by atoms with Crippen molar-refractivity contribution >= 4 is 0 Å². The normalized spacial score (nSPS) is 32.8. The number of allylic oxidation sites excluding steroid dienone is 2. The summed E-state index contributed by atoms with van der Waals surface area (Å²) in [5.41, 5.74) is 6.55. The summed E-state index contributed by atoms with van der Waals surface area (Å²) in [5.74, 6) is 0.941. The van der Waals surface area contributed by atoms with Crippen molar-refractivity contribution in [2.45, 2.75) is 18.9 Å². The monoisotopic (exact) mass is 181 g/mol. The Hall–Kier alpha value is -0.800. The van der Waals surface area contributed by atoms with Crippen molar-refractivity contribution in [1.29, 1.82) is 0 Å². The van der Waals surface area contributed by atoms with Crippen LogP contribution in [-0.4, -0.2) is 25.4 Å². The van der Waals surface area contributed by atoms with Crippen molar-refractivity contribution in [3.8, 4) is 0 Å². The van der Waals surface area contributed by atoms with Gasteiger partial charge in [0.1, 0.15) is 18.0 Å². The minimum atomic E-state index is -0.262. The molecule has 1 aliphatic heterocycles. The number of rotatable bonds is 1. The molecule has 0 bridgehead atoms. The van der Waals surface area contributed by atoms with Gasteiger partial charge in [0.25, 0.3) is 0 Å². The van der Waals surface area contributed by atoms with Gasteiger partial charge in [0.15, 0.2) is 0 Å². The molecule has 1 aliphatic carbocycles. The van der Waals surface area contributed by atoms with Crippen LogP contribution in [0.2, 0.25) is 0 Å². The molecule has 1 atom stereocenters. The second kappa shape index (κ2) is 3.16. The Kier molecular flexibility index (Phi) is 2.14. The van der Waals surface area contributed by atoms with Crippen molar-refractivity contribution < 1.29 is 9.47 Å². The molecule has 3 heteroatoms. The second-order valence-electron chi connectivity index (χ2n) is 3.66. The Labute approximate surface area is 78.2 Å². The van der Waals surface area contributed by atoms with Crippen molar-refractivity contribution in [2.24, 2.45) is 5.73 Å². The van der Waals surface area contributed by atoms with Crippen LogP contribution in [0.3, 0.4) is 0 Å². The van der Waals surface area contributed by atoms with Crippen molar-refractivity contribution in [2.75, 3.05) is 19.8 Å². The molecule has 0 saturated carbocycles. The van der Waals surface area contributed by atoms with E-state index in [1.54, 1.807) is 0 Å². The van der Waals surface area contributed by atoms with E-state index < -0.39 is 0 Å². The molecule has 1 heterocycles. The molecule has 2 rings (SSSR count). The molecule has 0 amide bonds. The topological polar surface area (TPSA) is 44.5 Å². The van der Waals surface area contributed by atoms with Gasteiger partial charge in [-0.25, -0.2) is 0 Å². The second-order valence-corrected chi connectivity index (χ2v) is 3.66. The van der Waals surface area contributed by atoms with Gasteiger partial charge in [0.2, 0.25) is 0 Å². The third-order valence-electron chi connectivity index (χ3n) is 2.58. The molecule has 0 spiro atoms. The van der Waals surface area contributed by atoms with Crippen LogP contribution >= 0.6 is 0 Å². The molecule has 0 aromatic carbocycles. The van der Waals surface area contributed by atoms with E-state index in [2.05, 4.69) is 6.92 Å². The Morgan fingerprint density at radius 2 is 2.31 bits per heavy atom. The standard InChI is InChI=1S/C10H15NO2/c1-10-6-8(7-11)2-3-9(10)12-4-5-13-10/h2-3H,4-7,11H2,1H3. The average Bonchev–Trinajstić information content (AvgIpc) is 2.16. The van der Waals surface area contributed by atoms with Gasteiger partial charge in [-0.1, -0.05) is 11.6 Å². The zero-order chi connectivity index (χ0) is 9.31. The highest BCUT2D eigenvalue weighted by Gasteiger charge is 2.36. The van der Waals surface area contributed by atoms with Crippen LogP contribution in [0, 0.1) is 0 Å². The number of hydrogen-bond donors (Lipinski definition) is 1. The number of fused-ring (bicyclic) bond motifs is 1. The van der Waals surface area contributed by atoms with Crippen LogP contribution < -0.4 is 5.73 Å². The van der Waals surface area contributed by atoms with Gasteiger partial charge in [-0.05, 0) is 13.0 Å². The Balaban J connectivity index is 2.24. The first kappa shape index (κ1) is 8.78. The van der Waals surface area contributed by atoms with Crippen LogP contribution in [-0.2, 0) is 9.47 Å². The van der Waals surface area contributed by atoms with Gasteiger partial charge in [0.05, 0.1) is 6.61 Å². The zero-order valence-corrected chi connectivity index (χ0v) is 7.88. The lowest BCUT2D eigenvalue weighted by Crippen LogP contribution is -2.40.